The van der Waals surface area contributed by atoms with E-state index in [1.165, 1.54) is 30.3 Å². The molecule has 1 aromatic heterocycles. The third-order valence-electron chi connectivity index (χ3n) is 4.07. The molecule has 156 valence electrons. The normalized spacial score (nSPS) is 11.2. The predicted molar refractivity (Wildman–Crippen MR) is 117 cm³/mol. The van der Waals surface area contributed by atoms with E-state index < -0.39 is 4.92 Å². The van der Waals surface area contributed by atoms with Crippen molar-refractivity contribution < 1.29 is 10.0 Å². The molecule has 0 spiro atoms. The van der Waals surface area contributed by atoms with Gasteiger partial charge in [0.2, 0.25) is 5.69 Å². The fourth-order valence-corrected chi connectivity index (χ4v) is 3.20. The van der Waals surface area contributed by atoms with Gasteiger partial charge in [0.15, 0.2) is 10.7 Å². The smallest absolute Gasteiger partial charge is 0.296 e. The molecule has 1 N–H and O–H groups in total. The van der Waals surface area contributed by atoms with Crippen LogP contribution in [-0.4, -0.2) is 28.5 Å². The second kappa shape index (κ2) is 9.06. The molecule has 12 heteroatoms. The summed E-state index contributed by atoms with van der Waals surface area (Å²) in [6, 6.07) is 8.79. The predicted octanol–water partition coefficient (Wildman–Crippen LogP) is 6.51. The van der Waals surface area contributed by atoms with Crippen LogP contribution in [0.1, 0.15) is 5.69 Å². The highest BCUT2D eigenvalue weighted by atomic mass is 32.1. The number of phenols is 1. The van der Waals surface area contributed by atoms with Crippen molar-refractivity contribution in [1.29, 1.82) is 0 Å². The Bertz CT molecular complexity index is 1240. The Morgan fingerprint density at radius 1 is 1.13 bits per heavy atom. The summed E-state index contributed by atoms with van der Waals surface area (Å²) >= 11 is 1.06. The van der Waals surface area contributed by atoms with Crippen LogP contribution in [-0.2, 0) is 0 Å². The van der Waals surface area contributed by atoms with Crippen molar-refractivity contribution in [3.63, 3.8) is 0 Å². The van der Waals surface area contributed by atoms with Gasteiger partial charge in [-0.1, -0.05) is 12.1 Å². The molecule has 0 saturated heterocycles. The molecule has 31 heavy (non-hydrogen) atoms. The van der Waals surface area contributed by atoms with Crippen molar-refractivity contribution in [3.8, 4) is 5.75 Å². The first kappa shape index (κ1) is 21.5. The van der Waals surface area contributed by atoms with E-state index in [0.29, 0.717) is 27.8 Å². The van der Waals surface area contributed by atoms with Gasteiger partial charge < -0.3 is 10.0 Å². The van der Waals surface area contributed by atoms with Crippen molar-refractivity contribution in [2.75, 3.05) is 19.0 Å². The molecule has 0 fully saturated rings. The third-order valence-corrected chi connectivity index (χ3v) is 4.89. The molecule has 0 amide bonds. The van der Waals surface area contributed by atoms with Gasteiger partial charge in [0.05, 0.1) is 22.9 Å². The van der Waals surface area contributed by atoms with Crippen LogP contribution in [0.25, 0.3) is 4.85 Å². The zero-order chi connectivity index (χ0) is 22.5. The Hall–Kier alpha value is -4.24. The average Bonchev–Trinajstić information content (AvgIpc) is 3.11. The minimum absolute atomic E-state index is 0.0496. The maximum absolute atomic E-state index is 11.1. The first-order chi connectivity index (χ1) is 14.8. The minimum atomic E-state index is -0.561. The maximum Gasteiger partial charge on any atom is 0.296 e. The molecule has 0 bridgehead atoms. The van der Waals surface area contributed by atoms with Crippen molar-refractivity contribution in [2.45, 2.75) is 6.92 Å². The Labute approximate surface area is 181 Å². The second-order valence-corrected chi connectivity index (χ2v) is 7.16. The molecule has 1 heterocycles. The number of rotatable bonds is 6. The Kier molecular flexibility index (Phi) is 6.27. The molecule has 0 radical (unpaired) electrons. The number of benzene rings is 2. The van der Waals surface area contributed by atoms with Crippen LogP contribution in [0.4, 0.5) is 39.1 Å². The number of nitrogens with zero attached hydrogens (tertiary/aromatic N) is 8. The summed E-state index contributed by atoms with van der Waals surface area (Å²) in [5, 5.41) is 38.1. The average molecular weight is 436 g/mol. The highest BCUT2D eigenvalue weighted by Gasteiger charge is 2.15. The van der Waals surface area contributed by atoms with E-state index in [1.54, 1.807) is 32.0 Å². The summed E-state index contributed by atoms with van der Waals surface area (Å²) in [7, 11) is 3.54. The van der Waals surface area contributed by atoms with E-state index in [1.807, 2.05) is 0 Å². The van der Waals surface area contributed by atoms with Crippen LogP contribution >= 0.6 is 11.5 Å². The number of azo groups is 2. The number of hydrogen-bond acceptors (Lipinski definition) is 10. The number of phenolic OH excluding ortho intramolecular Hbond substituents is 1. The highest BCUT2D eigenvalue weighted by Crippen LogP contribution is 2.42. The number of anilines is 1. The quantitative estimate of drug-likeness (QED) is 0.203. The summed E-state index contributed by atoms with van der Waals surface area (Å²) in [5.41, 5.74) is 1.72. The maximum atomic E-state index is 11.1. The number of aryl methyl sites for hydroxylation is 1. The van der Waals surface area contributed by atoms with Gasteiger partial charge in [-0.15, -0.1) is 20.5 Å². The summed E-state index contributed by atoms with van der Waals surface area (Å²) < 4.78 is 4.11. The van der Waals surface area contributed by atoms with Crippen LogP contribution in [0.3, 0.4) is 0 Å². The second-order valence-electron chi connectivity index (χ2n) is 6.40. The molecule has 0 aliphatic carbocycles. The molecule has 2 aromatic carbocycles. The molecular weight excluding hydrogens is 420 g/mol. The van der Waals surface area contributed by atoms with Gasteiger partial charge in [-0.25, -0.2) is 9.22 Å². The lowest BCUT2D eigenvalue weighted by Crippen LogP contribution is -2.08. The highest BCUT2D eigenvalue weighted by molar-refractivity contribution is 7.10. The van der Waals surface area contributed by atoms with Gasteiger partial charge in [-0.2, -0.15) is 0 Å². The van der Waals surface area contributed by atoms with E-state index in [-0.39, 0.29) is 22.8 Å². The minimum Gasteiger partial charge on any atom is -0.506 e. The zero-order valence-corrected chi connectivity index (χ0v) is 17.5. The van der Waals surface area contributed by atoms with Crippen LogP contribution in [0.5, 0.6) is 5.75 Å². The SMILES string of the molecule is [C-]#[N+]c1c(C)nsc1N=Nc1cc(N=Nc2ccccc2[N+](=O)[O-])c(O)cc1N(C)C. The van der Waals surface area contributed by atoms with Crippen LogP contribution in [0.2, 0.25) is 0 Å². The van der Waals surface area contributed by atoms with E-state index in [0.717, 1.165) is 11.5 Å². The summed E-state index contributed by atoms with van der Waals surface area (Å²) in [6.45, 7) is 8.97. The van der Waals surface area contributed by atoms with Gasteiger partial charge in [0, 0.05) is 26.2 Å². The fourth-order valence-electron chi connectivity index (χ4n) is 2.53. The first-order valence-electron chi connectivity index (χ1n) is 8.76. The fraction of sp³-hybridized carbons (Fsp3) is 0.158. The van der Waals surface area contributed by atoms with Crippen LogP contribution in [0, 0.1) is 23.6 Å². The monoisotopic (exact) mass is 436 g/mol. The molecular formula is C19H16N8O3S. The lowest BCUT2D eigenvalue weighted by Gasteiger charge is -2.15. The molecule has 3 aromatic rings. The van der Waals surface area contributed by atoms with E-state index in [9.17, 15) is 15.2 Å². The number of para-hydroxylation sites is 1. The lowest BCUT2D eigenvalue weighted by atomic mass is 10.2. The van der Waals surface area contributed by atoms with E-state index >= 15 is 0 Å². The van der Waals surface area contributed by atoms with Crippen molar-refractivity contribution in [2.24, 2.45) is 20.5 Å². The first-order valence-corrected chi connectivity index (χ1v) is 9.54. The standard InChI is InChI=1S/C19H16N8O3S/c1-11-18(20-2)19(31-25-11)24-22-13-9-14(17(28)10-16(13)26(3)4)23-21-12-7-5-6-8-15(12)27(29)30/h5-10,28H,1,3-4H3. The third kappa shape index (κ3) is 4.68. The van der Waals surface area contributed by atoms with Crippen molar-refractivity contribution >= 4 is 50.7 Å². The number of nitro benzene ring substituents is 1. The number of aromatic nitrogens is 1. The van der Waals surface area contributed by atoms with Gasteiger partial charge in [-0.3, -0.25) is 10.1 Å². The van der Waals surface area contributed by atoms with Crippen LogP contribution in [0.15, 0.2) is 56.9 Å². The Morgan fingerprint density at radius 3 is 2.48 bits per heavy atom. The Balaban J connectivity index is 2.03. The lowest BCUT2D eigenvalue weighted by molar-refractivity contribution is -0.384. The molecule has 11 nitrogen and oxygen atoms in total. The van der Waals surface area contributed by atoms with Gasteiger partial charge >= 0.3 is 0 Å². The summed E-state index contributed by atoms with van der Waals surface area (Å²) in [6.07, 6.45) is 0. The topological polar surface area (TPSA) is 133 Å². The largest absolute Gasteiger partial charge is 0.506 e. The molecule has 0 aliphatic rings. The van der Waals surface area contributed by atoms with Gasteiger partial charge in [0.1, 0.15) is 17.1 Å². The van der Waals surface area contributed by atoms with Crippen molar-refractivity contribution in [3.05, 3.63) is 63.6 Å². The van der Waals surface area contributed by atoms with Gasteiger partial charge in [-0.05, 0) is 30.6 Å². The molecule has 0 aliphatic heterocycles. The molecule has 0 unspecified atom stereocenters. The van der Waals surface area contributed by atoms with Gasteiger partial charge in [0.25, 0.3) is 5.69 Å². The van der Waals surface area contributed by atoms with Crippen LogP contribution < -0.4 is 4.90 Å². The summed E-state index contributed by atoms with van der Waals surface area (Å²) in [4.78, 5) is 15.7. The number of nitro groups is 1. The molecule has 3 rings (SSSR count). The molecule has 0 atom stereocenters. The van der Waals surface area contributed by atoms with E-state index in [4.69, 9.17) is 6.57 Å². The van der Waals surface area contributed by atoms with E-state index in [2.05, 4.69) is 29.7 Å². The zero-order valence-electron chi connectivity index (χ0n) is 16.7. The molecule has 0 saturated carbocycles. The summed E-state index contributed by atoms with van der Waals surface area (Å²) in [5.74, 6) is -0.180. The van der Waals surface area contributed by atoms with Crippen molar-refractivity contribution in [1.82, 2.24) is 4.37 Å². The Morgan fingerprint density at radius 2 is 1.81 bits per heavy atom. The number of hydrogen-bond donors (Lipinski definition) is 1. The number of aromatic hydroxyl groups is 1.